The van der Waals surface area contributed by atoms with E-state index in [1.165, 1.54) is 0 Å². The molecule has 3 rings (SSSR count). The average molecular weight is 294 g/mol. The standard InChI is InChI=1S/C18H14O4/c19-17(20)16(18(21)22)10-12-9-11-5-1-2-6-13(11)15-8-4-3-7-14(12)15/h1-9,16H,10H2,(H,19,20)(H,21,22). The summed E-state index contributed by atoms with van der Waals surface area (Å²) < 4.78 is 0. The van der Waals surface area contributed by atoms with Gasteiger partial charge in [0.1, 0.15) is 0 Å². The normalized spacial score (nSPS) is 11.1. The van der Waals surface area contributed by atoms with Crippen LogP contribution in [-0.2, 0) is 16.0 Å². The summed E-state index contributed by atoms with van der Waals surface area (Å²) in [5.74, 6) is -4.07. The van der Waals surface area contributed by atoms with E-state index in [2.05, 4.69) is 0 Å². The number of carboxylic acids is 2. The molecular formula is C18H14O4. The summed E-state index contributed by atoms with van der Waals surface area (Å²) in [7, 11) is 0. The summed E-state index contributed by atoms with van der Waals surface area (Å²) in [5.41, 5.74) is 0.740. The maximum atomic E-state index is 11.2. The lowest BCUT2D eigenvalue weighted by Crippen LogP contribution is -2.25. The maximum absolute atomic E-state index is 11.2. The van der Waals surface area contributed by atoms with Gasteiger partial charge in [-0.3, -0.25) is 9.59 Å². The lowest BCUT2D eigenvalue weighted by Gasteiger charge is -2.13. The van der Waals surface area contributed by atoms with Crippen molar-refractivity contribution in [3.63, 3.8) is 0 Å². The van der Waals surface area contributed by atoms with E-state index in [1.807, 2.05) is 54.6 Å². The Hall–Kier alpha value is -2.88. The second-order valence-electron chi connectivity index (χ2n) is 5.24. The van der Waals surface area contributed by atoms with E-state index in [1.54, 1.807) is 0 Å². The number of carbonyl (C=O) groups is 2. The molecule has 0 unspecified atom stereocenters. The molecule has 0 fully saturated rings. The van der Waals surface area contributed by atoms with Crippen molar-refractivity contribution in [3.8, 4) is 0 Å². The Balaban J connectivity index is 2.23. The van der Waals surface area contributed by atoms with Crippen LogP contribution in [0.1, 0.15) is 5.56 Å². The number of aliphatic carboxylic acids is 2. The Morgan fingerprint density at radius 1 is 0.818 bits per heavy atom. The second kappa shape index (κ2) is 5.48. The van der Waals surface area contributed by atoms with E-state index in [0.717, 1.165) is 27.1 Å². The molecular weight excluding hydrogens is 280 g/mol. The molecule has 0 aliphatic heterocycles. The van der Waals surface area contributed by atoms with Gasteiger partial charge < -0.3 is 10.2 Å². The van der Waals surface area contributed by atoms with Gasteiger partial charge in [-0.15, -0.1) is 0 Å². The molecule has 4 heteroatoms. The summed E-state index contributed by atoms with van der Waals surface area (Å²) in [4.78, 5) is 22.3. The van der Waals surface area contributed by atoms with Crippen molar-refractivity contribution in [2.75, 3.05) is 0 Å². The van der Waals surface area contributed by atoms with Crippen LogP contribution in [0.5, 0.6) is 0 Å². The number of rotatable bonds is 4. The summed E-state index contributed by atoms with van der Waals surface area (Å²) in [5, 5.41) is 22.2. The quantitative estimate of drug-likeness (QED) is 0.572. The van der Waals surface area contributed by atoms with E-state index in [9.17, 15) is 9.59 Å². The predicted molar refractivity (Wildman–Crippen MR) is 83.9 cm³/mol. The van der Waals surface area contributed by atoms with Gasteiger partial charge in [-0.1, -0.05) is 54.6 Å². The first kappa shape index (κ1) is 14.1. The molecule has 0 atom stereocenters. The molecule has 0 spiro atoms. The summed E-state index contributed by atoms with van der Waals surface area (Å²) in [6.07, 6.45) is -0.0317. The van der Waals surface area contributed by atoms with Gasteiger partial charge in [0.2, 0.25) is 0 Å². The number of hydrogen-bond acceptors (Lipinski definition) is 2. The zero-order chi connectivity index (χ0) is 15.7. The lowest BCUT2D eigenvalue weighted by molar-refractivity contribution is -0.154. The predicted octanol–water partition coefficient (Wildman–Crippen LogP) is 3.32. The Morgan fingerprint density at radius 3 is 2.00 bits per heavy atom. The van der Waals surface area contributed by atoms with Crippen LogP contribution >= 0.6 is 0 Å². The molecule has 110 valence electrons. The molecule has 3 aromatic rings. The fraction of sp³-hybridized carbons (Fsp3) is 0.111. The Morgan fingerprint density at radius 2 is 1.36 bits per heavy atom. The van der Waals surface area contributed by atoms with Crippen LogP contribution in [0.4, 0.5) is 0 Å². The smallest absolute Gasteiger partial charge is 0.318 e. The van der Waals surface area contributed by atoms with Gasteiger partial charge in [0.05, 0.1) is 0 Å². The summed E-state index contributed by atoms with van der Waals surface area (Å²) in [6.45, 7) is 0. The monoisotopic (exact) mass is 294 g/mol. The molecule has 0 radical (unpaired) electrons. The van der Waals surface area contributed by atoms with Gasteiger partial charge >= 0.3 is 11.9 Å². The van der Waals surface area contributed by atoms with Gasteiger partial charge in [0, 0.05) is 0 Å². The second-order valence-corrected chi connectivity index (χ2v) is 5.24. The van der Waals surface area contributed by atoms with Crippen LogP contribution in [0.15, 0.2) is 54.6 Å². The zero-order valence-electron chi connectivity index (χ0n) is 11.7. The molecule has 0 bridgehead atoms. The number of fused-ring (bicyclic) bond motifs is 3. The fourth-order valence-electron chi connectivity index (χ4n) is 2.80. The molecule has 0 aromatic heterocycles. The van der Waals surface area contributed by atoms with Gasteiger partial charge in [0.25, 0.3) is 0 Å². The van der Waals surface area contributed by atoms with Gasteiger partial charge in [0.15, 0.2) is 5.92 Å². The highest BCUT2D eigenvalue weighted by Crippen LogP contribution is 2.30. The van der Waals surface area contributed by atoms with Gasteiger partial charge in [-0.05, 0) is 33.5 Å². The molecule has 22 heavy (non-hydrogen) atoms. The molecule has 0 saturated heterocycles. The van der Waals surface area contributed by atoms with Crippen molar-refractivity contribution in [2.24, 2.45) is 5.92 Å². The first-order valence-electron chi connectivity index (χ1n) is 6.93. The third-order valence-electron chi connectivity index (χ3n) is 3.87. The minimum absolute atomic E-state index is 0.0317. The maximum Gasteiger partial charge on any atom is 0.318 e. The largest absolute Gasteiger partial charge is 0.481 e. The van der Waals surface area contributed by atoms with Crippen LogP contribution in [0.3, 0.4) is 0 Å². The Kier molecular flexibility index (Phi) is 3.51. The van der Waals surface area contributed by atoms with Crippen LogP contribution in [0.2, 0.25) is 0 Å². The first-order chi connectivity index (χ1) is 10.6. The highest BCUT2D eigenvalue weighted by Gasteiger charge is 2.26. The SMILES string of the molecule is O=C(O)C(Cc1cc2ccccc2c2ccccc12)C(=O)O. The van der Waals surface area contributed by atoms with Gasteiger partial charge in [-0.2, -0.15) is 0 Å². The number of benzene rings is 3. The lowest BCUT2D eigenvalue weighted by atomic mass is 9.91. The molecule has 3 aromatic carbocycles. The summed E-state index contributed by atoms with van der Waals surface area (Å²) >= 11 is 0. The van der Waals surface area contributed by atoms with Crippen molar-refractivity contribution in [1.29, 1.82) is 0 Å². The van der Waals surface area contributed by atoms with Crippen molar-refractivity contribution < 1.29 is 19.8 Å². The molecule has 0 aliphatic rings. The fourth-order valence-corrected chi connectivity index (χ4v) is 2.80. The first-order valence-corrected chi connectivity index (χ1v) is 6.93. The Bertz CT molecular complexity index is 869. The van der Waals surface area contributed by atoms with Crippen molar-refractivity contribution in [1.82, 2.24) is 0 Å². The van der Waals surface area contributed by atoms with E-state index in [0.29, 0.717) is 0 Å². The van der Waals surface area contributed by atoms with Gasteiger partial charge in [-0.25, -0.2) is 0 Å². The zero-order valence-corrected chi connectivity index (χ0v) is 11.7. The topological polar surface area (TPSA) is 74.6 Å². The molecule has 2 N–H and O–H groups in total. The van der Waals surface area contributed by atoms with E-state index in [-0.39, 0.29) is 6.42 Å². The third-order valence-corrected chi connectivity index (χ3v) is 3.87. The van der Waals surface area contributed by atoms with Crippen molar-refractivity contribution in [3.05, 3.63) is 60.2 Å². The Labute approximate surface area is 126 Å². The highest BCUT2D eigenvalue weighted by atomic mass is 16.4. The van der Waals surface area contributed by atoms with Crippen LogP contribution < -0.4 is 0 Å². The molecule has 0 saturated carbocycles. The molecule has 0 amide bonds. The molecule has 0 aliphatic carbocycles. The highest BCUT2D eigenvalue weighted by molar-refractivity contribution is 6.09. The number of hydrogen-bond donors (Lipinski definition) is 2. The van der Waals surface area contributed by atoms with E-state index in [4.69, 9.17) is 10.2 Å². The van der Waals surface area contributed by atoms with Crippen LogP contribution in [-0.4, -0.2) is 22.2 Å². The molecule has 0 heterocycles. The average Bonchev–Trinajstić information content (AvgIpc) is 2.51. The minimum Gasteiger partial charge on any atom is -0.481 e. The van der Waals surface area contributed by atoms with Crippen LogP contribution in [0, 0.1) is 5.92 Å². The van der Waals surface area contributed by atoms with Crippen molar-refractivity contribution in [2.45, 2.75) is 6.42 Å². The minimum atomic E-state index is -1.44. The third kappa shape index (κ3) is 2.39. The summed E-state index contributed by atoms with van der Waals surface area (Å²) in [6, 6.07) is 17.4. The number of carboxylic acid groups (broad SMARTS) is 2. The van der Waals surface area contributed by atoms with E-state index >= 15 is 0 Å². The van der Waals surface area contributed by atoms with E-state index < -0.39 is 17.9 Å². The van der Waals surface area contributed by atoms with Crippen LogP contribution in [0.25, 0.3) is 21.5 Å². The molecule has 4 nitrogen and oxygen atoms in total. The van der Waals surface area contributed by atoms with Crippen molar-refractivity contribution >= 4 is 33.5 Å².